The number of nitrogens with one attached hydrogen (secondary N) is 2. The van der Waals surface area contributed by atoms with Gasteiger partial charge in [0.2, 0.25) is 5.91 Å². The quantitative estimate of drug-likeness (QED) is 0.857. The number of carbonyl (C=O) groups excluding carboxylic acids is 2. The highest BCUT2D eigenvalue weighted by Crippen LogP contribution is 2.23. The van der Waals surface area contributed by atoms with Gasteiger partial charge in [0.15, 0.2) is 5.13 Å². The molecule has 0 spiro atoms. The monoisotopic (exact) mass is 359 g/mol. The Bertz CT molecular complexity index is 740. The average Bonchev–Trinajstić information content (AvgIpc) is 3.10. The van der Waals surface area contributed by atoms with Gasteiger partial charge in [-0.15, -0.1) is 11.3 Å². The van der Waals surface area contributed by atoms with Gasteiger partial charge in [0.1, 0.15) is 0 Å². The number of thiazole rings is 1. The predicted octanol–water partition coefficient (Wildman–Crippen LogP) is 3.46. The minimum atomic E-state index is -0.232. The fraction of sp³-hybridized carbons (Fsp3) is 0.389. The first-order valence-electron chi connectivity index (χ1n) is 8.31. The van der Waals surface area contributed by atoms with E-state index in [-0.39, 0.29) is 17.7 Å². The molecule has 0 radical (unpaired) electrons. The van der Waals surface area contributed by atoms with Crippen LogP contribution in [-0.4, -0.2) is 30.0 Å². The Morgan fingerprint density at radius 1 is 1.36 bits per heavy atom. The number of amides is 2. The Hall–Kier alpha value is -2.25. The summed E-state index contributed by atoms with van der Waals surface area (Å²) in [5, 5.41) is 8.04. The van der Waals surface area contributed by atoms with Crippen molar-refractivity contribution in [1.29, 1.82) is 0 Å². The lowest BCUT2D eigenvalue weighted by Crippen LogP contribution is -2.24. The van der Waals surface area contributed by atoms with Crippen molar-refractivity contribution in [3.05, 3.63) is 40.9 Å². The fourth-order valence-corrected chi connectivity index (χ4v) is 3.42. The van der Waals surface area contributed by atoms with Crippen LogP contribution < -0.4 is 10.6 Å². The molecule has 132 valence electrons. The zero-order valence-corrected chi connectivity index (χ0v) is 14.9. The number of aromatic nitrogens is 1. The van der Waals surface area contributed by atoms with E-state index >= 15 is 0 Å². The molecule has 2 amide bonds. The van der Waals surface area contributed by atoms with Gasteiger partial charge < -0.3 is 10.1 Å². The van der Waals surface area contributed by atoms with Crippen LogP contribution in [0.3, 0.4) is 0 Å². The summed E-state index contributed by atoms with van der Waals surface area (Å²) in [7, 11) is 0. The summed E-state index contributed by atoms with van der Waals surface area (Å²) >= 11 is 1.36. The van der Waals surface area contributed by atoms with Crippen LogP contribution in [0.15, 0.2) is 29.8 Å². The summed E-state index contributed by atoms with van der Waals surface area (Å²) in [6.45, 7) is 3.26. The Morgan fingerprint density at radius 2 is 2.24 bits per heavy atom. The molecule has 1 aliphatic rings. The molecule has 1 fully saturated rings. The van der Waals surface area contributed by atoms with Gasteiger partial charge in [-0.3, -0.25) is 14.9 Å². The van der Waals surface area contributed by atoms with Crippen LogP contribution in [0.1, 0.15) is 35.2 Å². The van der Waals surface area contributed by atoms with E-state index in [4.69, 9.17) is 4.74 Å². The summed E-state index contributed by atoms with van der Waals surface area (Å²) in [5.41, 5.74) is 1.92. The largest absolute Gasteiger partial charge is 0.381 e. The average molecular weight is 359 g/mol. The summed E-state index contributed by atoms with van der Waals surface area (Å²) < 4.78 is 5.42. The van der Waals surface area contributed by atoms with Crippen LogP contribution in [0.4, 0.5) is 10.8 Å². The van der Waals surface area contributed by atoms with Gasteiger partial charge in [-0.05, 0) is 43.4 Å². The van der Waals surface area contributed by atoms with Gasteiger partial charge in [-0.2, -0.15) is 0 Å². The molecule has 2 heterocycles. The van der Waals surface area contributed by atoms with E-state index in [0.29, 0.717) is 29.4 Å². The summed E-state index contributed by atoms with van der Waals surface area (Å²) in [6, 6.07) is 5.32. The molecule has 0 bridgehead atoms. The molecular weight excluding hydrogens is 338 g/mol. The molecule has 2 N–H and O–H groups in total. The van der Waals surface area contributed by atoms with E-state index in [1.165, 1.54) is 11.3 Å². The zero-order valence-electron chi connectivity index (χ0n) is 14.1. The molecule has 1 saturated heterocycles. The maximum Gasteiger partial charge on any atom is 0.257 e. The number of ether oxygens (including phenoxy) is 1. The minimum Gasteiger partial charge on any atom is -0.381 e. The molecule has 7 heteroatoms. The van der Waals surface area contributed by atoms with Crippen molar-refractivity contribution in [2.45, 2.75) is 26.2 Å². The number of anilines is 2. The van der Waals surface area contributed by atoms with Gasteiger partial charge in [0.25, 0.3) is 5.91 Å². The number of rotatable bonds is 5. The zero-order chi connectivity index (χ0) is 17.6. The first kappa shape index (κ1) is 17.6. The standard InChI is InChI=1S/C18H21N3O3S/c1-12-14(17(23)21-18-19-7-9-25-18)5-2-6-15(12)20-16(22)10-13-4-3-8-24-11-13/h2,5-7,9,13H,3-4,8,10-11H2,1H3,(H,20,22)(H,19,21,23). The number of benzene rings is 1. The molecule has 1 aromatic heterocycles. The lowest BCUT2D eigenvalue weighted by Gasteiger charge is -2.21. The Balaban J connectivity index is 1.65. The topological polar surface area (TPSA) is 80.3 Å². The lowest BCUT2D eigenvalue weighted by atomic mass is 9.98. The smallest absolute Gasteiger partial charge is 0.257 e. The number of nitrogens with zero attached hydrogens (tertiary/aromatic N) is 1. The summed E-state index contributed by atoms with van der Waals surface area (Å²) in [5.74, 6) is -0.00856. The van der Waals surface area contributed by atoms with Crippen LogP contribution in [-0.2, 0) is 9.53 Å². The van der Waals surface area contributed by atoms with Gasteiger partial charge >= 0.3 is 0 Å². The molecule has 1 atom stereocenters. The van der Waals surface area contributed by atoms with Crippen LogP contribution in [0.5, 0.6) is 0 Å². The first-order valence-corrected chi connectivity index (χ1v) is 9.19. The lowest BCUT2D eigenvalue weighted by molar-refractivity contribution is -0.118. The van der Waals surface area contributed by atoms with E-state index < -0.39 is 0 Å². The highest BCUT2D eigenvalue weighted by atomic mass is 32.1. The SMILES string of the molecule is Cc1c(NC(=O)CC2CCCOC2)cccc1C(=O)Nc1nccs1. The Morgan fingerprint density at radius 3 is 2.96 bits per heavy atom. The summed E-state index contributed by atoms with van der Waals surface area (Å²) in [6.07, 6.45) is 4.10. The Kier molecular flexibility index (Phi) is 5.78. The van der Waals surface area contributed by atoms with E-state index in [9.17, 15) is 9.59 Å². The molecule has 1 aliphatic heterocycles. The second kappa shape index (κ2) is 8.22. The van der Waals surface area contributed by atoms with E-state index in [1.807, 2.05) is 13.0 Å². The van der Waals surface area contributed by atoms with Crippen molar-refractivity contribution in [3.8, 4) is 0 Å². The van der Waals surface area contributed by atoms with Crippen LogP contribution in [0.25, 0.3) is 0 Å². The summed E-state index contributed by atoms with van der Waals surface area (Å²) in [4.78, 5) is 28.8. The second-order valence-corrected chi connectivity index (χ2v) is 7.00. The van der Waals surface area contributed by atoms with Crippen molar-refractivity contribution in [2.75, 3.05) is 23.8 Å². The maximum absolute atomic E-state index is 12.4. The van der Waals surface area contributed by atoms with Crippen molar-refractivity contribution in [2.24, 2.45) is 5.92 Å². The third kappa shape index (κ3) is 4.64. The molecule has 0 saturated carbocycles. The van der Waals surface area contributed by atoms with Gasteiger partial charge in [0, 0.05) is 42.5 Å². The highest BCUT2D eigenvalue weighted by Gasteiger charge is 2.19. The van der Waals surface area contributed by atoms with Gasteiger partial charge in [0.05, 0.1) is 0 Å². The third-order valence-electron chi connectivity index (χ3n) is 4.23. The molecule has 6 nitrogen and oxygen atoms in total. The van der Waals surface area contributed by atoms with E-state index in [1.54, 1.807) is 23.7 Å². The first-order chi connectivity index (χ1) is 12.1. The van der Waals surface area contributed by atoms with Crippen LogP contribution in [0.2, 0.25) is 0 Å². The van der Waals surface area contributed by atoms with E-state index in [2.05, 4.69) is 15.6 Å². The minimum absolute atomic E-state index is 0.0453. The molecule has 2 aromatic rings. The van der Waals surface area contributed by atoms with Crippen molar-refractivity contribution >= 4 is 34.0 Å². The van der Waals surface area contributed by atoms with Crippen LogP contribution >= 0.6 is 11.3 Å². The normalized spacial score (nSPS) is 17.1. The molecule has 3 rings (SSSR count). The number of hydrogen-bond donors (Lipinski definition) is 2. The number of carbonyl (C=O) groups is 2. The third-order valence-corrected chi connectivity index (χ3v) is 4.92. The highest BCUT2D eigenvalue weighted by molar-refractivity contribution is 7.13. The van der Waals surface area contributed by atoms with Gasteiger partial charge in [-0.25, -0.2) is 4.98 Å². The van der Waals surface area contributed by atoms with Crippen molar-refractivity contribution in [3.63, 3.8) is 0 Å². The molecule has 1 aromatic carbocycles. The molecular formula is C18H21N3O3S. The molecule has 0 aliphatic carbocycles. The van der Waals surface area contributed by atoms with Crippen molar-refractivity contribution in [1.82, 2.24) is 4.98 Å². The maximum atomic E-state index is 12.4. The second-order valence-electron chi connectivity index (χ2n) is 6.10. The van der Waals surface area contributed by atoms with E-state index in [0.717, 1.165) is 25.0 Å². The predicted molar refractivity (Wildman–Crippen MR) is 98.0 cm³/mol. The van der Waals surface area contributed by atoms with Crippen LogP contribution in [0, 0.1) is 12.8 Å². The molecule has 1 unspecified atom stereocenters. The van der Waals surface area contributed by atoms with Gasteiger partial charge in [-0.1, -0.05) is 6.07 Å². The fourth-order valence-electron chi connectivity index (χ4n) is 2.90. The van der Waals surface area contributed by atoms with Crippen molar-refractivity contribution < 1.29 is 14.3 Å². The number of hydrogen-bond acceptors (Lipinski definition) is 5. The molecule has 25 heavy (non-hydrogen) atoms. The Labute approximate surface area is 150 Å².